The maximum atomic E-state index is 11.4. The van der Waals surface area contributed by atoms with Gasteiger partial charge >= 0.3 is 0 Å². The van der Waals surface area contributed by atoms with Gasteiger partial charge in [-0.25, -0.2) is 0 Å². The number of nitrogens with one attached hydrogen (secondary N) is 1. The molecule has 0 aliphatic rings. The van der Waals surface area contributed by atoms with Crippen LogP contribution in [-0.4, -0.2) is 39.8 Å². The molecule has 0 saturated carbocycles. The van der Waals surface area contributed by atoms with Gasteiger partial charge in [-0.15, -0.1) is 0 Å². The molecule has 2 atom stereocenters. The Balaban J connectivity index is 4.16. The van der Waals surface area contributed by atoms with Crippen LogP contribution >= 0.6 is 0 Å². The summed E-state index contributed by atoms with van der Waals surface area (Å²) in [4.78, 5) is 21.9. The molecule has 0 fully saturated rings. The van der Waals surface area contributed by atoms with Crippen LogP contribution in [0.5, 0.6) is 0 Å². The maximum Gasteiger partial charge on any atom is 0.251 e. The highest BCUT2D eigenvalue weighted by Gasteiger charge is 2.27. The topological polar surface area (TPSA) is 113 Å². The SMILES string of the molecule is CC(C)(C)NC(=O)C(O)C(O)CCC(N)=O. The second-order valence-corrected chi connectivity index (χ2v) is 4.76. The fraction of sp³-hybridized carbons (Fsp3) is 0.800. The van der Waals surface area contributed by atoms with E-state index in [2.05, 4.69) is 5.32 Å². The Kier molecular flexibility index (Phi) is 5.40. The zero-order valence-electron chi connectivity index (χ0n) is 9.86. The minimum absolute atomic E-state index is 0.0337. The molecule has 0 aliphatic heterocycles. The first-order chi connectivity index (χ1) is 7.13. The molecule has 2 amide bonds. The van der Waals surface area contributed by atoms with Crippen LogP contribution in [0.3, 0.4) is 0 Å². The number of rotatable bonds is 5. The van der Waals surface area contributed by atoms with Crippen molar-refractivity contribution < 1.29 is 19.8 Å². The van der Waals surface area contributed by atoms with Crippen LogP contribution in [0.1, 0.15) is 33.6 Å². The minimum Gasteiger partial charge on any atom is -0.390 e. The third-order valence-corrected chi connectivity index (χ3v) is 1.82. The van der Waals surface area contributed by atoms with Crippen LogP contribution in [0, 0.1) is 0 Å². The van der Waals surface area contributed by atoms with Crippen LogP contribution in [0.2, 0.25) is 0 Å². The van der Waals surface area contributed by atoms with Crippen molar-refractivity contribution in [3.63, 3.8) is 0 Å². The largest absolute Gasteiger partial charge is 0.390 e. The average molecular weight is 232 g/mol. The summed E-state index contributed by atoms with van der Waals surface area (Å²) in [6.07, 6.45) is -2.93. The summed E-state index contributed by atoms with van der Waals surface area (Å²) in [6, 6.07) is 0. The molecule has 2 unspecified atom stereocenters. The number of carbonyl (C=O) groups excluding carboxylic acids is 2. The van der Waals surface area contributed by atoms with Crippen molar-refractivity contribution in [2.45, 2.75) is 51.4 Å². The molecule has 0 aromatic rings. The van der Waals surface area contributed by atoms with Gasteiger partial charge in [0.25, 0.3) is 5.91 Å². The van der Waals surface area contributed by atoms with Crippen LogP contribution in [0.15, 0.2) is 0 Å². The summed E-state index contributed by atoms with van der Waals surface area (Å²) in [7, 11) is 0. The lowest BCUT2D eigenvalue weighted by atomic mass is 10.0. The summed E-state index contributed by atoms with van der Waals surface area (Å²) in [6.45, 7) is 5.27. The zero-order chi connectivity index (χ0) is 12.9. The Morgan fingerprint density at radius 2 is 1.81 bits per heavy atom. The first-order valence-electron chi connectivity index (χ1n) is 5.10. The molecule has 0 radical (unpaired) electrons. The normalized spacial score (nSPS) is 15.3. The fourth-order valence-corrected chi connectivity index (χ4v) is 1.07. The average Bonchev–Trinajstić information content (AvgIpc) is 2.10. The van der Waals surface area contributed by atoms with Crippen LogP contribution in [-0.2, 0) is 9.59 Å². The molecular weight excluding hydrogens is 212 g/mol. The number of amides is 2. The Morgan fingerprint density at radius 1 is 1.31 bits per heavy atom. The number of hydrogen-bond donors (Lipinski definition) is 4. The third kappa shape index (κ3) is 6.36. The van der Waals surface area contributed by atoms with Gasteiger partial charge in [-0.05, 0) is 27.2 Å². The van der Waals surface area contributed by atoms with Crippen LogP contribution in [0.25, 0.3) is 0 Å². The Morgan fingerprint density at radius 3 is 2.19 bits per heavy atom. The van der Waals surface area contributed by atoms with Crippen molar-refractivity contribution >= 4 is 11.8 Å². The molecule has 6 nitrogen and oxygen atoms in total. The van der Waals surface area contributed by atoms with Crippen LogP contribution < -0.4 is 11.1 Å². The van der Waals surface area contributed by atoms with E-state index in [1.54, 1.807) is 20.8 Å². The van der Waals surface area contributed by atoms with Gasteiger partial charge in [-0.1, -0.05) is 0 Å². The van der Waals surface area contributed by atoms with Crippen molar-refractivity contribution in [1.29, 1.82) is 0 Å². The van der Waals surface area contributed by atoms with E-state index < -0.39 is 29.6 Å². The van der Waals surface area contributed by atoms with E-state index in [0.717, 1.165) is 0 Å². The van der Waals surface area contributed by atoms with E-state index in [1.165, 1.54) is 0 Å². The minimum atomic E-state index is -1.54. The van der Waals surface area contributed by atoms with Gasteiger partial charge in [0.15, 0.2) is 6.10 Å². The lowest BCUT2D eigenvalue weighted by Crippen LogP contribution is -2.49. The van der Waals surface area contributed by atoms with Crippen molar-refractivity contribution in [2.75, 3.05) is 0 Å². The molecule has 0 aliphatic carbocycles. The molecule has 94 valence electrons. The quantitative estimate of drug-likeness (QED) is 0.481. The maximum absolute atomic E-state index is 11.4. The van der Waals surface area contributed by atoms with E-state index in [1.807, 2.05) is 0 Å². The molecule has 0 aromatic carbocycles. The number of primary amides is 1. The van der Waals surface area contributed by atoms with Gasteiger partial charge < -0.3 is 21.3 Å². The lowest BCUT2D eigenvalue weighted by molar-refractivity contribution is -0.137. The molecule has 0 heterocycles. The predicted molar refractivity (Wildman–Crippen MR) is 58.3 cm³/mol. The van der Waals surface area contributed by atoms with Gasteiger partial charge in [-0.2, -0.15) is 0 Å². The van der Waals surface area contributed by atoms with E-state index in [-0.39, 0.29) is 12.8 Å². The van der Waals surface area contributed by atoms with Gasteiger partial charge in [0.2, 0.25) is 5.91 Å². The summed E-state index contributed by atoms with van der Waals surface area (Å²) in [5, 5.41) is 21.4. The summed E-state index contributed by atoms with van der Waals surface area (Å²) in [5.74, 6) is -1.24. The lowest BCUT2D eigenvalue weighted by Gasteiger charge is -2.24. The highest BCUT2D eigenvalue weighted by atomic mass is 16.3. The first kappa shape index (κ1) is 14.9. The molecule has 0 bridgehead atoms. The van der Waals surface area contributed by atoms with E-state index >= 15 is 0 Å². The molecule has 0 saturated heterocycles. The van der Waals surface area contributed by atoms with E-state index in [9.17, 15) is 19.8 Å². The molecule has 6 heteroatoms. The first-order valence-corrected chi connectivity index (χ1v) is 5.10. The van der Waals surface area contributed by atoms with Crippen molar-refractivity contribution in [3.8, 4) is 0 Å². The second-order valence-electron chi connectivity index (χ2n) is 4.76. The van der Waals surface area contributed by atoms with Crippen molar-refractivity contribution in [3.05, 3.63) is 0 Å². The second kappa shape index (κ2) is 5.81. The smallest absolute Gasteiger partial charge is 0.251 e. The highest BCUT2D eigenvalue weighted by molar-refractivity contribution is 5.82. The number of aliphatic hydroxyl groups is 2. The van der Waals surface area contributed by atoms with Gasteiger partial charge in [0, 0.05) is 12.0 Å². The fourth-order valence-electron chi connectivity index (χ4n) is 1.07. The molecule has 16 heavy (non-hydrogen) atoms. The third-order valence-electron chi connectivity index (χ3n) is 1.82. The monoisotopic (exact) mass is 232 g/mol. The van der Waals surface area contributed by atoms with Crippen LogP contribution in [0.4, 0.5) is 0 Å². The standard InChI is InChI=1S/C10H20N2O4/c1-10(2,3)12-9(16)8(15)6(13)4-5-7(11)14/h6,8,13,15H,4-5H2,1-3H3,(H2,11,14)(H,12,16). The number of aliphatic hydroxyl groups excluding tert-OH is 2. The molecule has 5 N–H and O–H groups in total. The van der Waals surface area contributed by atoms with E-state index in [4.69, 9.17) is 5.73 Å². The summed E-state index contributed by atoms with van der Waals surface area (Å²) >= 11 is 0. The highest BCUT2D eigenvalue weighted by Crippen LogP contribution is 2.05. The number of nitrogens with two attached hydrogens (primary N) is 1. The summed E-state index contributed by atoms with van der Waals surface area (Å²) < 4.78 is 0. The molecule has 0 rings (SSSR count). The Labute approximate surface area is 94.8 Å². The van der Waals surface area contributed by atoms with Crippen molar-refractivity contribution in [2.24, 2.45) is 5.73 Å². The Hall–Kier alpha value is -1.14. The molecular formula is C10H20N2O4. The molecule has 0 spiro atoms. The van der Waals surface area contributed by atoms with Gasteiger partial charge in [0.1, 0.15) is 0 Å². The van der Waals surface area contributed by atoms with Gasteiger partial charge in [0.05, 0.1) is 6.10 Å². The Bertz CT molecular complexity index is 260. The van der Waals surface area contributed by atoms with E-state index in [0.29, 0.717) is 0 Å². The van der Waals surface area contributed by atoms with Gasteiger partial charge in [-0.3, -0.25) is 9.59 Å². The number of hydrogen-bond acceptors (Lipinski definition) is 4. The predicted octanol–water partition coefficient (Wildman–Crippen LogP) is -1.11. The molecule has 0 aromatic heterocycles. The van der Waals surface area contributed by atoms with Crippen molar-refractivity contribution in [1.82, 2.24) is 5.32 Å². The zero-order valence-corrected chi connectivity index (χ0v) is 9.86. The number of carbonyl (C=O) groups is 2. The summed E-state index contributed by atoms with van der Waals surface area (Å²) in [5.41, 5.74) is 4.40.